The molecule has 1 amide bonds. The van der Waals surface area contributed by atoms with E-state index < -0.39 is 6.09 Å². The van der Waals surface area contributed by atoms with Crippen LogP contribution in [0.25, 0.3) is 0 Å². The molecule has 1 unspecified atom stereocenters. The fraction of sp³-hybridized carbons (Fsp3) is 0.700. The second kappa shape index (κ2) is 4.08. The molecule has 1 aliphatic heterocycles. The maximum absolute atomic E-state index is 10.9. The number of nitrogens with one attached hydrogen (secondary N) is 1. The number of hydrogen-bond donors (Lipinski definition) is 1. The third kappa shape index (κ3) is 2.21. The monoisotopic (exact) mass is 241 g/mol. The van der Waals surface area contributed by atoms with Gasteiger partial charge in [0.05, 0.1) is 5.71 Å². The van der Waals surface area contributed by atoms with Crippen molar-refractivity contribution in [1.29, 1.82) is 0 Å². The number of carbonyl (C=O) groups excluding carboxylic acids is 1. The molecule has 0 aromatic rings. The van der Waals surface area contributed by atoms with Gasteiger partial charge in [-0.15, -0.1) is 0 Å². The van der Waals surface area contributed by atoms with Crippen LogP contribution in [0.5, 0.6) is 0 Å². The van der Waals surface area contributed by atoms with Crippen molar-refractivity contribution in [1.82, 2.24) is 5.32 Å². The summed E-state index contributed by atoms with van der Waals surface area (Å²) in [5.74, 6) is 0.639. The van der Waals surface area contributed by atoms with Crippen molar-refractivity contribution >= 4 is 28.6 Å². The molecule has 0 bridgehead atoms. The van der Waals surface area contributed by atoms with Gasteiger partial charge < -0.3 is 5.32 Å². The van der Waals surface area contributed by atoms with E-state index in [1.807, 2.05) is 6.92 Å². The SMILES string of the molecule is CNC(=O)ON=C1SC(C)(C2CC2)N=C1C. The van der Waals surface area contributed by atoms with Crippen LogP contribution in [-0.4, -0.2) is 28.8 Å². The maximum atomic E-state index is 10.9. The van der Waals surface area contributed by atoms with Crippen LogP contribution in [0.15, 0.2) is 10.1 Å². The fourth-order valence-corrected chi connectivity index (χ4v) is 2.92. The largest absolute Gasteiger partial charge is 0.433 e. The van der Waals surface area contributed by atoms with Crippen LogP contribution in [0.3, 0.4) is 0 Å². The normalized spacial score (nSPS) is 31.4. The zero-order valence-electron chi connectivity index (χ0n) is 9.61. The van der Waals surface area contributed by atoms with E-state index >= 15 is 0 Å². The highest BCUT2D eigenvalue weighted by molar-refractivity contribution is 8.17. The number of thioether (sulfide) groups is 1. The first kappa shape index (κ1) is 11.4. The molecule has 88 valence electrons. The van der Waals surface area contributed by atoms with Crippen molar-refractivity contribution in [2.45, 2.75) is 31.6 Å². The molecule has 1 heterocycles. The molecule has 1 fully saturated rings. The van der Waals surface area contributed by atoms with Crippen LogP contribution >= 0.6 is 11.8 Å². The van der Waals surface area contributed by atoms with E-state index in [9.17, 15) is 4.79 Å². The van der Waals surface area contributed by atoms with E-state index in [1.165, 1.54) is 19.9 Å². The second-order valence-corrected chi connectivity index (χ2v) is 5.57. The van der Waals surface area contributed by atoms with Crippen LogP contribution in [0.4, 0.5) is 4.79 Å². The lowest BCUT2D eigenvalue weighted by Crippen LogP contribution is -2.18. The molecule has 0 aromatic carbocycles. The zero-order valence-corrected chi connectivity index (χ0v) is 10.4. The van der Waals surface area contributed by atoms with Crippen LogP contribution < -0.4 is 5.32 Å². The maximum Gasteiger partial charge on any atom is 0.433 e. The molecule has 1 atom stereocenters. The minimum absolute atomic E-state index is 0.102. The third-order valence-corrected chi connectivity index (χ3v) is 4.15. The molecule has 0 spiro atoms. The smallest absolute Gasteiger partial charge is 0.323 e. The van der Waals surface area contributed by atoms with Crippen molar-refractivity contribution < 1.29 is 9.63 Å². The Labute approximate surface area is 98.7 Å². The summed E-state index contributed by atoms with van der Waals surface area (Å²) < 4.78 is 0. The molecule has 0 aromatic heterocycles. The number of carbonyl (C=O) groups is 1. The average molecular weight is 241 g/mol. The lowest BCUT2D eigenvalue weighted by atomic mass is 10.2. The predicted molar refractivity (Wildman–Crippen MR) is 64.8 cm³/mol. The lowest BCUT2D eigenvalue weighted by molar-refractivity contribution is 0.154. The first-order valence-corrected chi connectivity index (χ1v) is 6.09. The van der Waals surface area contributed by atoms with Crippen LogP contribution in [0.1, 0.15) is 26.7 Å². The van der Waals surface area contributed by atoms with Gasteiger partial charge in [-0.2, -0.15) is 0 Å². The van der Waals surface area contributed by atoms with Gasteiger partial charge >= 0.3 is 6.09 Å². The Balaban J connectivity index is 2.04. The first-order valence-electron chi connectivity index (χ1n) is 5.28. The Bertz CT molecular complexity index is 376. The third-order valence-electron chi connectivity index (χ3n) is 2.75. The summed E-state index contributed by atoms with van der Waals surface area (Å²) in [4.78, 5) is 20.1. The Morgan fingerprint density at radius 1 is 1.69 bits per heavy atom. The topological polar surface area (TPSA) is 63.0 Å². The molecular formula is C10H15N3O2S. The predicted octanol–water partition coefficient (Wildman–Crippen LogP) is 1.99. The van der Waals surface area contributed by atoms with E-state index in [0.717, 1.165) is 5.71 Å². The molecule has 5 nitrogen and oxygen atoms in total. The molecule has 6 heteroatoms. The van der Waals surface area contributed by atoms with Crippen LogP contribution in [0, 0.1) is 5.92 Å². The van der Waals surface area contributed by atoms with Crippen molar-refractivity contribution in [3.8, 4) is 0 Å². The Morgan fingerprint density at radius 2 is 2.38 bits per heavy atom. The van der Waals surface area contributed by atoms with E-state index in [4.69, 9.17) is 0 Å². The number of nitrogens with zero attached hydrogens (tertiary/aromatic N) is 2. The van der Waals surface area contributed by atoms with Crippen molar-refractivity contribution in [3.05, 3.63) is 0 Å². The molecule has 2 rings (SSSR count). The standard InChI is InChI=1S/C10H15N3O2S/c1-6-8(13-15-9(14)11-3)16-10(2,12-6)7-4-5-7/h7H,4-5H2,1-3H3,(H,11,14). The van der Waals surface area contributed by atoms with Crippen molar-refractivity contribution in [3.63, 3.8) is 0 Å². The summed E-state index contributed by atoms with van der Waals surface area (Å²) in [6, 6.07) is 0. The van der Waals surface area contributed by atoms with Gasteiger partial charge in [-0.25, -0.2) is 4.79 Å². The number of oxime groups is 1. The molecule has 1 N–H and O–H groups in total. The van der Waals surface area contributed by atoms with E-state index in [1.54, 1.807) is 11.8 Å². The number of hydrogen-bond acceptors (Lipinski definition) is 5. The molecule has 2 aliphatic rings. The van der Waals surface area contributed by atoms with Gasteiger partial charge in [0.2, 0.25) is 0 Å². The van der Waals surface area contributed by atoms with E-state index in [-0.39, 0.29) is 4.87 Å². The molecule has 0 radical (unpaired) electrons. The Hall–Kier alpha value is -1.04. The second-order valence-electron chi connectivity index (χ2n) is 4.15. The van der Waals surface area contributed by atoms with E-state index in [2.05, 4.69) is 27.2 Å². The highest BCUT2D eigenvalue weighted by atomic mass is 32.2. The van der Waals surface area contributed by atoms with Gasteiger partial charge in [-0.05, 0) is 32.6 Å². The zero-order chi connectivity index (χ0) is 11.8. The lowest BCUT2D eigenvalue weighted by Gasteiger charge is -2.17. The highest BCUT2D eigenvalue weighted by Crippen LogP contribution is 2.51. The summed E-state index contributed by atoms with van der Waals surface area (Å²) in [5, 5.41) is 6.87. The van der Waals surface area contributed by atoms with Crippen LogP contribution in [0.2, 0.25) is 0 Å². The van der Waals surface area contributed by atoms with Gasteiger partial charge in [0.1, 0.15) is 4.87 Å². The van der Waals surface area contributed by atoms with Crippen LogP contribution in [-0.2, 0) is 4.84 Å². The number of aliphatic imine (C=N–C) groups is 1. The average Bonchev–Trinajstić information content (AvgIpc) is 3.04. The summed E-state index contributed by atoms with van der Waals surface area (Å²) in [6.45, 7) is 4.01. The summed E-state index contributed by atoms with van der Waals surface area (Å²) in [7, 11) is 1.50. The van der Waals surface area contributed by atoms with Crippen molar-refractivity contribution in [2.24, 2.45) is 16.1 Å². The van der Waals surface area contributed by atoms with Gasteiger partial charge in [0.15, 0.2) is 5.04 Å². The fourth-order valence-electron chi connectivity index (χ4n) is 1.68. The molecule has 1 aliphatic carbocycles. The van der Waals surface area contributed by atoms with Gasteiger partial charge in [-0.3, -0.25) is 9.83 Å². The first-order chi connectivity index (χ1) is 7.55. The Kier molecular flexibility index (Phi) is 2.92. The minimum atomic E-state index is -0.555. The van der Waals surface area contributed by atoms with E-state index in [0.29, 0.717) is 11.0 Å². The summed E-state index contributed by atoms with van der Waals surface area (Å²) in [5.41, 5.74) is 0.850. The summed E-state index contributed by atoms with van der Waals surface area (Å²) >= 11 is 1.59. The molecule has 0 saturated heterocycles. The van der Waals surface area contributed by atoms with Gasteiger partial charge in [-0.1, -0.05) is 16.9 Å². The Morgan fingerprint density at radius 3 is 2.94 bits per heavy atom. The molecule has 16 heavy (non-hydrogen) atoms. The highest BCUT2D eigenvalue weighted by Gasteiger charge is 2.46. The number of amides is 1. The number of rotatable bonds is 2. The minimum Gasteiger partial charge on any atom is -0.323 e. The molecular weight excluding hydrogens is 226 g/mol. The van der Waals surface area contributed by atoms with Crippen molar-refractivity contribution in [2.75, 3.05) is 7.05 Å². The van der Waals surface area contributed by atoms with Gasteiger partial charge in [0.25, 0.3) is 0 Å². The molecule has 1 saturated carbocycles. The van der Waals surface area contributed by atoms with Gasteiger partial charge in [0, 0.05) is 7.05 Å². The summed E-state index contributed by atoms with van der Waals surface area (Å²) in [6.07, 6.45) is 1.90. The quantitative estimate of drug-likeness (QED) is 0.594.